The molecular weight excluding hydrogens is 196 g/mol. The molecule has 0 aromatic rings. The largest absolute Gasteiger partial charge is 0.469 e. The van der Waals surface area contributed by atoms with E-state index in [1.165, 1.54) is 7.11 Å². The minimum atomic E-state index is -0.172. The SMILES string of the molecule is COC(=O)C1(CBr)CCC1. The van der Waals surface area contributed by atoms with Crippen LogP contribution in [0.15, 0.2) is 0 Å². The molecule has 0 aliphatic heterocycles. The number of halogens is 1. The van der Waals surface area contributed by atoms with E-state index < -0.39 is 0 Å². The molecule has 10 heavy (non-hydrogen) atoms. The van der Waals surface area contributed by atoms with Gasteiger partial charge in [0, 0.05) is 5.33 Å². The number of carbonyl (C=O) groups excluding carboxylic acids is 1. The molecule has 0 aromatic carbocycles. The number of methoxy groups -OCH3 is 1. The van der Waals surface area contributed by atoms with E-state index in [4.69, 9.17) is 0 Å². The van der Waals surface area contributed by atoms with E-state index in [9.17, 15) is 4.79 Å². The first-order chi connectivity index (χ1) is 4.75. The lowest BCUT2D eigenvalue weighted by molar-refractivity contribution is -0.156. The monoisotopic (exact) mass is 206 g/mol. The van der Waals surface area contributed by atoms with Crippen molar-refractivity contribution < 1.29 is 9.53 Å². The van der Waals surface area contributed by atoms with Gasteiger partial charge in [-0.3, -0.25) is 4.79 Å². The highest BCUT2D eigenvalue weighted by Gasteiger charge is 2.44. The van der Waals surface area contributed by atoms with E-state index in [-0.39, 0.29) is 11.4 Å². The maximum absolute atomic E-state index is 11.1. The molecule has 0 amide bonds. The Morgan fingerprint density at radius 2 is 2.30 bits per heavy atom. The molecular formula is C7H11BrO2. The summed E-state index contributed by atoms with van der Waals surface area (Å²) in [7, 11) is 1.45. The highest BCUT2D eigenvalue weighted by molar-refractivity contribution is 9.09. The predicted molar refractivity (Wildman–Crippen MR) is 42.1 cm³/mol. The van der Waals surface area contributed by atoms with E-state index >= 15 is 0 Å². The molecule has 0 heterocycles. The summed E-state index contributed by atoms with van der Waals surface area (Å²) in [5, 5.41) is 0.743. The van der Waals surface area contributed by atoms with Crippen LogP contribution >= 0.6 is 15.9 Å². The molecule has 0 aromatic heterocycles. The van der Waals surface area contributed by atoms with Gasteiger partial charge >= 0.3 is 5.97 Å². The highest BCUT2D eigenvalue weighted by atomic mass is 79.9. The molecule has 2 nitrogen and oxygen atoms in total. The lowest BCUT2D eigenvalue weighted by Gasteiger charge is -2.36. The quantitative estimate of drug-likeness (QED) is 0.509. The second-order valence-corrected chi connectivity index (χ2v) is 3.32. The standard InChI is InChI=1S/C7H11BrO2/c1-10-6(9)7(5-8)3-2-4-7/h2-5H2,1H3. The molecule has 1 fully saturated rings. The first-order valence-corrected chi connectivity index (χ1v) is 4.52. The Bertz CT molecular complexity index is 135. The van der Waals surface area contributed by atoms with Gasteiger partial charge in [-0.05, 0) is 12.8 Å². The lowest BCUT2D eigenvalue weighted by Crippen LogP contribution is -2.40. The average Bonchev–Trinajstić information content (AvgIpc) is 1.86. The summed E-state index contributed by atoms with van der Waals surface area (Å²) in [4.78, 5) is 11.1. The van der Waals surface area contributed by atoms with Gasteiger partial charge in [0.1, 0.15) is 0 Å². The van der Waals surface area contributed by atoms with Crippen molar-refractivity contribution >= 4 is 21.9 Å². The molecule has 58 valence electrons. The Balaban J connectivity index is 2.55. The molecule has 0 unspecified atom stereocenters. The summed E-state index contributed by atoms with van der Waals surface area (Å²) in [6, 6.07) is 0. The van der Waals surface area contributed by atoms with Crippen LogP contribution < -0.4 is 0 Å². The number of carbonyl (C=O) groups is 1. The van der Waals surface area contributed by atoms with Gasteiger partial charge in [-0.25, -0.2) is 0 Å². The Labute approximate surface area is 69.1 Å². The highest BCUT2D eigenvalue weighted by Crippen LogP contribution is 2.43. The summed E-state index contributed by atoms with van der Waals surface area (Å²) < 4.78 is 4.68. The van der Waals surface area contributed by atoms with Gasteiger partial charge in [0.15, 0.2) is 0 Å². The van der Waals surface area contributed by atoms with Crippen molar-refractivity contribution in [3.63, 3.8) is 0 Å². The summed E-state index contributed by atoms with van der Waals surface area (Å²) in [6.07, 6.45) is 3.11. The van der Waals surface area contributed by atoms with Gasteiger partial charge in [-0.1, -0.05) is 22.4 Å². The van der Waals surface area contributed by atoms with Crippen molar-refractivity contribution in [1.82, 2.24) is 0 Å². The van der Waals surface area contributed by atoms with Crippen molar-refractivity contribution in [2.45, 2.75) is 19.3 Å². The van der Waals surface area contributed by atoms with E-state index in [1.54, 1.807) is 0 Å². The van der Waals surface area contributed by atoms with Gasteiger partial charge in [0.25, 0.3) is 0 Å². The fraction of sp³-hybridized carbons (Fsp3) is 0.857. The first-order valence-electron chi connectivity index (χ1n) is 3.39. The normalized spacial score (nSPS) is 21.4. The Kier molecular flexibility index (Phi) is 2.34. The zero-order valence-corrected chi connectivity index (χ0v) is 7.61. The van der Waals surface area contributed by atoms with E-state index in [1.807, 2.05) is 0 Å². The molecule has 1 aliphatic rings. The Morgan fingerprint density at radius 3 is 2.40 bits per heavy atom. The number of ether oxygens (including phenoxy) is 1. The third-order valence-electron chi connectivity index (χ3n) is 2.18. The zero-order valence-electron chi connectivity index (χ0n) is 6.02. The van der Waals surface area contributed by atoms with Gasteiger partial charge in [0.05, 0.1) is 12.5 Å². The summed E-state index contributed by atoms with van der Waals surface area (Å²) >= 11 is 3.32. The van der Waals surface area contributed by atoms with E-state index in [0.717, 1.165) is 24.6 Å². The van der Waals surface area contributed by atoms with Crippen LogP contribution in [0, 0.1) is 5.41 Å². The van der Waals surface area contributed by atoms with Crippen molar-refractivity contribution in [1.29, 1.82) is 0 Å². The van der Waals surface area contributed by atoms with Gasteiger partial charge in [-0.15, -0.1) is 0 Å². The second-order valence-electron chi connectivity index (χ2n) is 2.76. The van der Waals surface area contributed by atoms with Gasteiger partial charge < -0.3 is 4.74 Å². The van der Waals surface area contributed by atoms with Crippen LogP contribution in [0.3, 0.4) is 0 Å². The number of hydrogen-bond acceptors (Lipinski definition) is 2. The minimum absolute atomic E-state index is 0.0596. The summed E-state index contributed by atoms with van der Waals surface area (Å²) in [5.41, 5.74) is -0.172. The second kappa shape index (κ2) is 2.91. The van der Waals surface area contributed by atoms with E-state index in [0.29, 0.717) is 0 Å². The molecule has 3 heteroatoms. The maximum atomic E-state index is 11.1. The van der Waals surface area contributed by atoms with Crippen LogP contribution in [0.25, 0.3) is 0 Å². The molecule has 0 spiro atoms. The summed E-state index contributed by atoms with van der Waals surface area (Å²) in [5.74, 6) is -0.0596. The van der Waals surface area contributed by atoms with Crippen LogP contribution in [-0.2, 0) is 9.53 Å². The lowest BCUT2D eigenvalue weighted by atomic mass is 9.70. The van der Waals surface area contributed by atoms with Gasteiger partial charge in [-0.2, -0.15) is 0 Å². The molecule has 0 saturated heterocycles. The van der Waals surface area contributed by atoms with Gasteiger partial charge in [0.2, 0.25) is 0 Å². The molecule has 1 aliphatic carbocycles. The molecule has 0 radical (unpaired) electrons. The third kappa shape index (κ3) is 1.07. The first kappa shape index (κ1) is 8.05. The number of rotatable bonds is 2. The predicted octanol–water partition coefficient (Wildman–Crippen LogP) is 1.72. The topological polar surface area (TPSA) is 26.3 Å². The zero-order chi connectivity index (χ0) is 7.61. The molecule has 0 atom stereocenters. The number of esters is 1. The Morgan fingerprint density at radius 1 is 1.70 bits per heavy atom. The maximum Gasteiger partial charge on any atom is 0.312 e. The van der Waals surface area contributed by atoms with Crippen LogP contribution in [0.4, 0.5) is 0 Å². The fourth-order valence-corrected chi connectivity index (χ4v) is 2.00. The van der Waals surface area contributed by atoms with Crippen molar-refractivity contribution in [2.75, 3.05) is 12.4 Å². The summed E-state index contributed by atoms with van der Waals surface area (Å²) in [6.45, 7) is 0. The van der Waals surface area contributed by atoms with Crippen LogP contribution in [0.2, 0.25) is 0 Å². The van der Waals surface area contributed by atoms with Crippen molar-refractivity contribution in [2.24, 2.45) is 5.41 Å². The molecule has 1 saturated carbocycles. The average molecular weight is 207 g/mol. The molecule has 0 bridgehead atoms. The molecule has 1 rings (SSSR count). The Hall–Kier alpha value is -0.0500. The molecule has 0 N–H and O–H groups in total. The van der Waals surface area contributed by atoms with Crippen LogP contribution in [0.1, 0.15) is 19.3 Å². The van der Waals surface area contributed by atoms with Crippen molar-refractivity contribution in [3.8, 4) is 0 Å². The fourth-order valence-electron chi connectivity index (χ4n) is 1.21. The smallest absolute Gasteiger partial charge is 0.312 e. The van der Waals surface area contributed by atoms with Crippen LogP contribution in [-0.4, -0.2) is 18.4 Å². The number of alkyl halides is 1. The van der Waals surface area contributed by atoms with E-state index in [2.05, 4.69) is 20.7 Å². The van der Waals surface area contributed by atoms with Crippen LogP contribution in [0.5, 0.6) is 0 Å². The minimum Gasteiger partial charge on any atom is -0.469 e. The number of hydrogen-bond donors (Lipinski definition) is 0. The third-order valence-corrected chi connectivity index (χ3v) is 3.26. The van der Waals surface area contributed by atoms with Crippen molar-refractivity contribution in [3.05, 3.63) is 0 Å².